The summed E-state index contributed by atoms with van der Waals surface area (Å²) in [7, 11) is 7.91. The molecule has 4 fully saturated rings. The van der Waals surface area contributed by atoms with Crippen molar-refractivity contribution in [2.75, 3.05) is 86.7 Å². The SMILES string of the molecule is C1CCCC1.C1CCCC1.CC1=C/C(=C2/C(=O)N(c3ccccc3)N=C2OC=O)C=C(/C=C/c2ccc(N(C)C)cc2)O1.CCCCN(CCCC)c1ccc(C=C2/C(=C3\C(=N)N(CC(=O)OC)N=C3OC=O)c3ccccc3S2(=O)=O)cc1.CN(C)c1ccc(C2=C(C#N)C(c3c(OC=O)[nH]n(C)c3=O)=NC2=O)cc1.CN1N=C(OC=O)/C(=C/C2CCCC2)C1=O.O=COC1=NN(c2ccccc2)C(=O)/C1=C\C1CCCC1.[Fe].[Ru]. The van der Waals surface area contributed by atoms with Gasteiger partial charge in [0.25, 0.3) is 85.1 Å². The van der Waals surface area contributed by atoms with Crippen LogP contribution in [0.4, 0.5) is 28.4 Å². The fraction of sp³-hybridized carbons (Fsp3) is 0.333. The number of amidine groups is 1. The van der Waals surface area contributed by atoms with Gasteiger partial charge < -0.3 is 47.9 Å². The molecule has 4 amide bonds. The third-order valence-electron chi connectivity index (χ3n) is 25.4. The maximum Gasteiger partial charge on any atom is 0.327 e. The standard InChI is InChI=1S/C30H34N4O6S.C26H23N3O4.C18H15N5O4.C16H16N2O3.C11H14N2O3.2C5H10.Fe.Ru/c1-4-6-16-33(17-7-5-2)22-14-12-21(13-15-22)18-25-27(23-10-8-9-11-24(23)41(25,37)38)28-29(31)34(19-26(36)39-3)32-30(28)40-20-35;1-18-15-20(16-23(33-18)14-11-19-9-12-21(13-10-19)28(2)3)24-25(32-17-30)27-29(26(24)31)22-7-5-4-6-8-22;1-22(2)11-6-4-10(5-7-11)13-12(8-19)15(20-16(13)25)14-17(27-9-24)21-23(3)18(14)26;19-11-21-15-14(10-12-6-4-5-7-12)16(20)18(17-15)13-8-2-1-3-9-13;1-13-11(15)9(10(12-13)16-7-14)6-8-4-2-3-5-8;2*1-2-4-5-3-1;;/h8-15,18,20,31H,4-7,16-17,19H2,1-3H3;4-17H,1-3H3;4-7,9,21H,1-3H3;1-3,8-12H,4-7H2;6-8H,2-5H2,1H3;2*1-5H2;;/b25-18?,28-27+,31-29?;14-11+,24-20-;;14-10-;9-6-;;;;. The molecule has 0 bridgehead atoms. The number of amides is 4. The monoisotopic (exact) mass is 2190 g/mol. The molecule has 4 saturated carbocycles. The number of aromatic amines is 1. The first-order valence-corrected chi connectivity index (χ1v) is 50.7. The van der Waals surface area contributed by atoms with Crippen molar-refractivity contribution in [2.24, 2.45) is 44.3 Å². The Morgan fingerprint density at radius 1 is 0.547 bits per heavy atom. The van der Waals surface area contributed by atoms with Gasteiger partial charge in [0.15, 0.2) is 5.84 Å². The van der Waals surface area contributed by atoms with Gasteiger partial charge in [0, 0.05) is 120 Å². The number of fused-ring (bicyclic) bond motifs is 1. The van der Waals surface area contributed by atoms with Crippen molar-refractivity contribution in [2.45, 2.75) is 167 Å². The average Bonchev–Trinajstić information content (AvgIpc) is 1.56. The van der Waals surface area contributed by atoms with E-state index in [9.17, 15) is 66.4 Å². The van der Waals surface area contributed by atoms with Gasteiger partial charge >= 0.3 is 5.97 Å². The van der Waals surface area contributed by atoms with Crippen LogP contribution in [0.5, 0.6) is 5.88 Å². The van der Waals surface area contributed by atoms with Crippen molar-refractivity contribution in [1.82, 2.24) is 19.8 Å². The normalized spacial score (nSPS) is 18.5. The van der Waals surface area contributed by atoms with Crippen LogP contribution in [0.25, 0.3) is 23.3 Å². The summed E-state index contributed by atoms with van der Waals surface area (Å²) < 4.78 is 63.7. The van der Waals surface area contributed by atoms with Crippen molar-refractivity contribution < 1.29 is 126 Å². The molecule has 4 aliphatic carbocycles. The summed E-state index contributed by atoms with van der Waals surface area (Å²) in [6.45, 7) is 8.74. The second-order valence-corrected chi connectivity index (χ2v) is 37.9. The Morgan fingerprint density at radius 3 is 1.52 bits per heavy atom. The van der Waals surface area contributed by atoms with Crippen LogP contribution in [0, 0.1) is 28.6 Å². The van der Waals surface area contributed by atoms with Crippen LogP contribution in [0.2, 0.25) is 0 Å². The van der Waals surface area contributed by atoms with E-state index in [1.807, 2.05) is 141 Å². The number of carbonyl (C=O) groups excluding carboxylic acids is 10. The van der Waals surface area contributed by atoms with Crippen molar-refractivity contribution in [3.63, 3.8) is 0 Å². The number of sulfone groups is 1. The Kier molecular flexibility index (Phi) is 44.3. The van der Waals surface area contributed by atoms with Gasteiger partial charge in [-0.25, -0.2) is 23.4 Å². The molecule has 0 unspecified atom stereocenters. The Morgan fingerprint density at radius 2 is 1.01 bits per heavy atom. The molecule has 2 N–H and O–H groups in total. The number of para-hydroxylation sites is 2. The Balaban J connectivity index is 0.000000191. The van der Waals surface area contributed by atoms with Crippen molar-refractivity contribution in [3.05, 3.63) is 276 Å². The van der Waals surface area contributed by atoms with Crippen LogP contribution in [0.3, 0.4) is 0 Å². The minimum absolute atomic E-state index is 0. The zero-order valence-electron chi connectivity index (χ0n) is 85.3. The van der Waals surface area contributed by atoms with E-state index in [1.165, 1.54) is 125 Å². The number of hydrazone groups is 4. The molecule has 0 atom stereocenters. The van der Waals surface area contributed by atoms with Crippen molar-refractivity contribution in [1.29, 1.82) is 10.7 Å². The van der Waals surface area contributed by atoms with E-state index in [4.69, 9.17) is 38.6 Å². The van der Waals surface area contributed by atoms with Crippen LogP contribution in [0.15, 0.2) is 273 Å². The Bertz CT molecular complexity index is 6730. The van der Waals surface area contributed by atoms with Gasteiger partial charge in [0.1, 0.15) is 52.1 Å². The van der Waals surface area contributed by atoms with Gasteiger partial charge in [0.2, 0.25) is 15.7 Å². The topological polar surface area (TPSA) is 439 Å². The van der Waals surface area contributed by atoms with E-state index in [0.29, 0.717) is 81.1 Å². The number of methoxy groups -OCH3 is 1. The third-order valence-corrected chi connectivity index (χ3v) is 27.2. The number of allylic oxidation sites excluding steroid dienone is 9. The molecular weight excluding hydrogens is 2070 g/mol. The fourth-order valence-corrected chi connectivity index (χ4v) is 19.4. The molecule has 11 aliphatic rings. The number of hydrogen-bond acceptors (Lipinski definition) is 29. The molecule has 7 aromatic rings. The zero-order valence-corrected chi connectivity index (χ0v) is 89.0. The summed E-state index contributed by atoms with van der Waals surface area (Å²) in [5.74, 6) is -0.837. The second kappa shape index (κ2) is 57.2. The van der Waals surface area contributed by atoms with E-state index in [1.54, 1.807) is 111 Å². The van der Waals surface area contributed by atoms with Crippen LogP contribution in [-0.4, -0.2) is 187 Å². The Hall–Kier alpha value is -15.5. The summed E-state index contributed by atoms with van der Waals surface area (Å²) in [4.78, 5) is 138. The molecule has 788 valence electrons. The minimum atomic E-state index is -4.00. The van der Waals surface area contributed by atoms with E-state index in [2.05, 4.69) is 49.2 Å². The molecule has 150 heavy (non-hydrogen) atoms. The molecule has 6 aromatic carbocycles. The number of carbonyl (C=O) groups is 10. The Labute approximate surface area is 895 Å². The first-order valence-electron chi connectivity index (χ1n) is 49.2. The zero-order chi connectivity index (χ0) is 106. The predicted octanol–water partition coefficient (Wildman–Crippen LogP) is 17.3. The molecule has 0 radical (unpaired) electrons. The average molecular weight is 2190 g/mol. The first kappa shape index (κ1) is 116. The number of nitriles is 1. The molecule has 18 rings (SSSR count). The number of aliphatic imine (C=N–C) groups is 1. The van der Waals surface area contributed by atoms with Crippen LogP contribution in [0.1, 0.15) is 190 Å². The summed E-state index contributed by atoms with van der Waals surface area (Å²) in [6.07, 6.45) is 40.9. The number of likely N-dealkylation sites (N-methyl/N-ethyl adjacent to an activating group) is 1. The molecule has 8 heterocycles. The second-order valence-electron chi connectivity index (χ2n) is 36.0. The molecular formula is C111H122FeN16O20RuS. The van der Waals surface area contributed by atoms with Gasteiger partial charge in [-0.15, -0.1) is 20.4 Å². The number of esters is 1. The van der Waals surface area contributed by atoms with E-state index < -0.39 is 39.7 Å². The first-order chi connectivity index (χ1) is 71.6. The molecule has 0 spiro atoms. The predicted molar refractivity (Wildman–Crippen MR) is 566 cm³/mol. The van der Waals surface area contributed by atoms with Gasteiger partial charge in [-0.3, -0.25) is 67.9 Å². The van der Waals surface area contributed by atoms with Crippen LogP contribution in [-0.2, 0) is 130 Å². The third kappa shape index (κ3) is 29.8. The summed E-state index contributed by atoms with van der Waals surface area (Å²) >= 11 is 0. The fourth-order valence-electron chi connectivity index (χ4n) is 17.7. The van der Waals surface area contributed by atoms with Gasteiger partial charge in [-0.05, 0) is 171 Å². The number of aryl methyl sites for hydroxylation is 1. The number of unbranched alkanes of at least 4 members (excludes halogenated alkanes) is 2. The number of H-pyrrole nitrogens is 1. The van der Waals surface area contributed by atoms with Crippen LogP contribution < -0.4 is 35.0 Å². The van der Waals surface area contributed by atoms with Crippen molar-refractivity contribution >= 4 is 159 Å². The smallest absolute Gasteiger partial charge is 0.327 e. The van der Waals surface area contributed by atoms with E-state index >= 15 is 0 Å². The quantitative estimate of drug-likeness (QED) is 0.0167. The number of nitrogens with one attached hydrogen (secondary N) is 2. The number of nitrogens with zero attached hydrogens (tertiary/aromatic N) is 14. The van der Waals surface area contributed by atoms with Gasteiger partial charge in [0.05, 0.1) is 45.0 Å². The molecule has 39 heteroatoms. The number of benzene rings is 6. The largest absolute Gasteiger partial charge is 0.468 e. The minimum Gasteiger partial charge on any atom is -0.468 e. The van der Waals surface area contributed by atoms with Gasteiger partial charge in [-0.1, -0.05) is 226 Å². The molecule has 0 saturated heterocycles. The number of hydrogen-bond donors (Lipinski definition) is 2. The molecule has 1 aromatic heterocycles. The number of aromatic nitrogens is 2. The summed E-state index contributed by atoms with van der Waals surface area (Å²) in [6, 6.07) is 49.3. The maximum atomic E-state index is 13.8. The number of anilines is 5. The molecule has 36 nitrogen and oxygen atoms in total. The summed E-state index contributed by atoms with van der Waals surface area (Å²) in [5.41, 5.74) is 7.75. The maximum absolute atomic E-state index is 13.8. The van der Waals surface area contributed by atoms with Crippen LogP contribution >= 0.6 is 0 Å². The number of rotatable bonds is 26. The van der Waals surface area contributed by atoms with Gasteiger partial charge in [-0.2, -0.15) is 15.3 Å². The van der Waals surface area contributed by atoms with E-state index in [0.717, 1.165) is 96.8 Å². The van der Waals surface area contributed by atoms with Crippen molar-refractivity contribution in [3.8, 4) is 11.9 Å². The molecule has 7 aliphatic heterocycles. The summed E-state index contributed by atoms with van der Waals surface area (Å²) in [5, 5.41) is 41.9. The van der Waals surface area contributed by atoms with E-state index in [-0.39, 0.29) is 152 Å². The number of ether oxygens (including phenoxy) is 7.